The Morgan fingerprint density at radius 2 is 1.81 bits per heavy atom. The zero-order chi connectivity index (χ0) is 25.9. The maximum atomic E-state index is 13.4. The van der Waals surface area contributed by atoms with Crippen molar-refractivity contribution in [3.05, 3.63) is 48.0 Å². The largest absolute Gasteiger partial charge is 0.482 e. The van der Waals surface area contributed by atoms with Crippen LogP contribution in [0.4, 0.5) is 5.69 Å². The third kappa shape index (κ3) is 6.04. The van der Waals surface area contributed by atoms with E-state index in [1.807, 2.05) is 30.5 Å². The van der Waals surface area contributed by atoms with Gasteiger partial charge in [0, 0.05) is 24.5 Å². The van der Waals surface area contributed by atoms with E-state index in [-0.39, 0.29) is 41.7 Å². The maximum absolute atomic E-state index is 13.4. The highest BCUT2D eigenvalue weighted by molar-refractivity contribution is 7.98. The molecule has 4 rings (SSSR count). The molecule has 1 saturated heterocycles. The Morgan fingerprint density at radius 3 is 2.47 bits per heavy atom. The van der Waals surface area contributed by atoms with Crippen molar-refractivity contribution in [3.8, 4) is 5.75 Å². The van der Waals surface area contributed by atoms with Crippen molar-refractivity contribution in [1.29, 1.82) is 0 Å². The Hall–Kier alpha value is -2.56. The predicted molar refractivity (Wildman–Crippen MR) is 141 cm³/mol. The molecule has 0 saturated carbocycles. The third-order valence-corrected chi connectivity index (χ3v) is 9.11. The van der Waals surface area contributed by atoms with Gasteiger partial charge in [-0.1, -0.05) is 26.0 Å². The van der Waals surface area contributed by atoms with E-state index in [2.05, 4.69) is 19.2 Å². The summed E-state index contributed by atoms with van der Waals surface area (Å²) in [4.78, 5) is 27.9. The Kier molecular flexibility index (Phi) is 8.27. The summed E-state index contributed by atoms with van der Waals surface area (Å²) in [6.07, 6.45) is 3.68. The van der Waals surface area contributed by atoms with E-state index in [4.69, 9.17) is 4.74 Å². The molecule has 1 fully saturated rings. The molecule has 1 N–H and O–H groups in total. The van der Waals surface area contributed by atoms with Gasteiger partial charge in [0.05, 0.1) is 10.6 Å². The lowest BCUT2D eigenvalue weighted by Crippen LogP contribution is -2.45. The summed E-state index contributed by atoms with van der Waals surface area (Å²) in [6.45, 7) is 5.06. The van der Waals surface area contributed by atoms with E-state index in [9.17, 15) is 18.0 Å². The van der Waals surface area contributed by atoms with Crippen LogP contribution in [-0.4, -0.2) is 63.6 Å². The van der Waals surface area contributed by atoms with E-state index >= 15 is 0 Å². The Balaban J connectivity index is 1.45. The summed E-state index contributed by atoms with van der Waals surface area (Å²) in [7, 11) is -3.74. The van der Waals surface area contributed by atoms with Crippen LogP contribution in [-0.2, 0) is 26.0 Å². The lowest BCUT2D eigenvalue weighted by atomic mass is 9.94. The number of amides is 2. The summed E-state index contributed by atoms with van der Waals surface area (Å²) < 4.78 is 33.8. The van der Waals surface area contributed by atoms with Crippen LogP contribution in [0.2, 0.25) is 0 Å². The van der Waals surface area contributed by atoms with Crippen LogP contribution < -0.4 is 15.0 Å². The van der Waals surface area contributed by atoms with Crippen molar-refractivity contribution in [2.45, 2.75) is 36.5 Å². The summed E-state index contributed by atoms with van der Waals surface area (Å²) in [6, 6.07) is 12.7. The van der Waals surface area contributed by atoms with E-state index in [1.54, 1.807) is 17.8 Å². The lowest BCUT2D eigenvalue weighted by molar-refractivity contribution is -0.125. The van der Waals surface area contributed by atoms with E-state index in [0.717, 1.165) is 12.0 Å². The fourth-order valence-electron chi connectivity index (χ4n) is 4.80. The van der Waals surface area contributed by atoms with Gasteiger partial charge in [0.1, 0.15) is 12.3 Å². The molecule has 2 aromatic rings. The number of hydrogen-bond donors (Lipinski definition) is 1. The fraction of sp³-hybridized carbons (Fsp3) is 0.462. The van der Waals surface area contributed by atoms with Crippen molar-refractivity contribution >= 4 is 39.3 Å². The van der Waals surface area contributed by atoms with Gasteiger partial charge in [0.15, 0.2) is 6.61 Å². The molecule has 2 amide bonds. The zero-order valence-electron chi connectivity index (χ0n) is 20.9. The van der Waals surface area contributed by atoms with Crippen LogP contribution >= 0.6 is 11.8 Å². The Labute approximate surface area is 217 Å². The number of benzene rings is 2. The molecular formula is C26H33N3O5S2. The molecule has 0 unspecified atom stereocenters. The summed E-state index contributed by atoms with van der Waals surface area (Å²) in [5.41, 5.74) is 1.41. The monoisotopic (exact) mass is 531 g/mol. The van der Waals surface area contributed by atoms with Gasteiger partial charge in [0.25, 0.3) is 5.91 Å². The first-order chi connectivity index (χ1) is 17.2. The highest BCUT2D eigenvalue weighted by Crippen LogP contribution is 2.36. The summed E-state index contributed by atoms with van der Waals surface area (Å²) in [5, 5.41) is 2.86. The van der Waals surface area contributed by atoms with Crippen molar-refractivity contribution in [2.75, 3.05) is 43.9 Å². The quantitative estimate of drug-likeness (QED) is 0.526. The van der Waals surface area contributed by atoms with Crippen LogP contribution in [0.25, 0.3) is 0 Å². The molecule has 2 aliphatic heterocycles. The second-order valence-electron chi connectivity index (χ2n) is 9.61. The van der Waals surface area contributed by atoms with Crippen LogP contribution in [0.1, 0.15) is 25.8 Å². The number of carbonyl (C=O) groups is 2. The molecule has 36 heavy (non-hydrogen) atoms. The number of sulfonamides is 1. The SMILES string of the molecule is CSc1ccc(CCNC(=O)CN2C(=O)COc3ccc(S(=O)(=O)N4C[C@H](C)C[C@@H](C)C4)cc32)cc1. The second kappa shape index (κ2) is 11.2. The van der Waals surface area contributed by atoms with Crippen LogP contribution in [0.5, 0.6) is 5.75 Å². The summed E-state index contributed by atoms with van der Waals surface area (Å²) in [5.74, 6) is 0.226. The maximum Gasteiger partial charge on any atom is 0.265 e. The van der Waals surface area contributed by atoms with E-state index in [1.165, 1.54) is 26.2 Å². The minimum Gasteiger partial charge on any atom is -0.482 e. The van der Waals surface area contributed by atoms with E-state index < -0.39 is 10.0 Å². The smallest absolute Gasteiger partial charge is 0.265 e. The zero-order valence-corrected chi connectivity index (χ0v) is 22.5. The minimum atomic E-state index is -3.74. The van der Waals surface area contributed by atoms with Gasteiger partial charge in [-0.15, -0.1) is 11.8 Å². The molecule has 0 bridgehead atoms. The molecule has 10 heteroatoms. The number of nitrogens with zero attached hydrogens (tertiary/aromatic N) is 2. The number of ether oxygens (including phenoxy) is 1. The number of anilines is 1. The number of hydrogen-bond acceptors (Lipinski definition) is 6. The first-order valence-corrected chi connectivity index (χ1v) is 14.8. The molecular weight excluding hydrogens is 498 g/mol. The molecule has 0 spiro atoms. The molecule has 0 aliphatic carbocycles. The topological polar surface area (TPSA) is 96.0 Å². The van der Waals surface area contributed by atoms with Gasteiger partial charge in [-0.2, -0.15) is 4.31 Å². The minimum absolute atomic E-state index is 0.0972. The molecule has 0 aromatic heterocycles. The van der Waals surface area contributed by atoms with Gasteiger partial charge in [-0.05, 0) is 66.8 Å². The second-order valence-corrected chi connectivity index (χ2v) is 12.4. The fourth-order valence-corrected chi connectivity index (χ4v) is 6.91. The third-order valence-electron chi connectivity index (χ3n) is 6.54. The molecule has 2 atom stereocenters. The van der Waals surface area contributed by atoms with E-state index in [0.29, 0.717) is 37.5 Å². The highest BCUT2D eigenvalue weighted by Gasteiger charge is 2.34. The van der Waals surface area contributed by atoms with Gasteiger partial charge < -0.3 is 10.1 Å². The molecule has 2 heterocycles. The van der Waals surface area contributed by atoms with Gasteiger partial charge in [-0.25, -0.2) is 8.42 Å². The highest BCUT2D eigenvalue weighted by atomic mass is 32.2. The number of fused-ring (bicyclic) bond motifs is 1. The van der Waals surface area contributed by atoms with Crippen LogP contribution in [0.3, 0.4) is 0 Å². The number of rotatable bonds is 8. The first kappa shape index (κ1) is 26.5. The molecule has 8 nitrogen and oxygen atoms in total. The standard InChI is InChI=1S/C26H33N3O5S2/c1-18-12-19(2)15-28(14-18)36(32,33)22-8-9-24-23(13-22)29(26(31)17-34-24)16-25(30)27-11-10-20-4-6-21(35-3)7-5-20/h4-9,13,18-19H,10-12,14-17H2,1-3H3,(H,27,30)/t18-,19-/m1/s1. The average molecular weight is 532 g/mol. The summed E-state index contributed by atoms with van der Waals surface area (Å²) >= 11 is 1.67. The molecule has 2 aliphatic rings. The normalized spacial score (nSPS) is 20.5. The number of thioether (sulfide) groups is 1. The van der Waals surface area contributed by atoms with Gasteiger partial charge >= 0.3 is 0 Å². The Morgan fingerprint density at radius 1 is 1.11 bits per heavy atom. The van der Waals surface area contributed by atoms with Crippen molar-refractivity contribution in [1.82, 2.24) is 9.62 Å². The average Bonchev–Trinajstić information content (AvgIpc) is 2.85. The molecule has 0 radical (unpaired) electrons. The first-order valence-electron chi connectivity index (χ1n) is 12.1. The Bertz CT molecular complexity index is 1210. The lowest BCUT2D eigenvalue weighted by Gasteiger charge is -2.34. The molecule has 2 aromatic carbocycles. The van der Waals surface area contributed by atoms with Crippen LogP contribution in [0.15, 0.2) is 52.3 Å². The number of piperidine rings is 1. The van der Waals surface area contributed by atoms with Gasteiger partial charge in [0.2, 0.25) is 15.9 Å². The van der Waals surface area contributed by atoms with Gasteiger partial charge in [-0.3, -0.25) is 14.5 Å². The number of carbonyl (C=O) groups excluding carboxylic acids is 2. The van der Waals surface area contributed by atoms with Crippen molar-refractivity contribution in [3.63, 3.8) is 0 Å². The van der Waals surface area contributed by atoms with Crippen molar-refractivity contribution < 1.29 is 22.7 Å². The predicted octanol–water partition coefficient (Wildman–Crippen LogP) is 3.16. The number of nitrogens with one attached hydrogen (secondary N) is 1. The van der Waals surface area contributed by atoms with Crippen molar-refractivity contribution in [2.24, 2.45) is 11.8 Å². The molecule has 194 valence electrons. The van der Waals surface area contributed by atoms with Crippen LogP contribution in [0, 0.1) is 11.8 Å².